The third-order valence-corrected chi connectivity index (χ3v) is 4.39. The van der Waals surface area contributed by atoms with Crippen LogP contribution in [0.15, 0.2) is 23.1 Å². The second kappa shape index (κ2) is 7.74. The van der Waals surface area contributed by atoms with Gasteiger partial charge in [0.05, 0.1) is 18.1 Å². The van der Waals surface area contributed by atoms with Crippen LogP contribution >= 0.6 is 0 Å². The van der Waals surface area contributed by atoms with E-state index in [2.05, 4.69) is 4.72 Å². The first kappa shape index (κ1) is 17.9. The third kappa shape index (κ3) is 5.28. The molecule has 0 aliphatic rings. The van der Waals surface area contributed by atoms with Gasteiger partial charge < -0.3 is 14.7 Å². The van der Waals surface area contributed by atoms with E-state index in [1.807, 2.05) is 25.9 Å². The lowest BCUT2D eigenvalue weighted by Gasteiger charge is -2.19. The van der Waals surface area contributed by atoms with Crippen LogP contribution in [0.4, 0.5) is 0 Å². The number of nitrogens with zero attached hydrogens (tertiary/aromatic N) is 1. The molecular weight excluding hydrogens is 292 g/mol. The molecular formula is C14H24N2O4S. The van der Waals surface area contributed by atoms with Gasteiger partial charge in [-0.15, -0.1) is 0 Å². The lowest BCUT2D eigenvalue weighted by molar-refractivity contribution is 0.266. The Morgan fingerprint density at radius 1 is 1.38 bits per heavy atom. The molecule has 0 saturated carbocycles. The van der Waals surface area contributed by atoms with Crippen LogP contribution in [-0.2, 0) is 16.6 Å². The largest absolute Gasteiger partial charge is 0.494 e. The van der Waals surface area contributed by atoms with Gasteiger partial charge in [-0.1, -0.05) is 0 Å². The summed E-state index contributed by atoms with van der Waals surface area (Å²) < 4.78 is 32.6. The first-order valence-corrected chi connectivity index (χ1v) is 8.32. The van der Waals surface area contributed by atoms with Crippen molar-refractivity contribution < 1.29 is 18.3 Å². The summed E-state index contributed by atoms with van der Waals surface area (Å²) in [7, 11) is 0.148. The minimum absolute atomic E-state index is 0.126. The average Bonchev–Trinajstić information content (AvgIpc) is 2.37. The molecule has 0 aliphatic carbocycles. The predicted octanol–water partition coefficient (Wildman–Crippen LogP) is 0.806. The summed E-state index contributed by atoms with van der Waals surface area (Å²) in [6, 6.07) is 4.28. The average molecular weight is 316 g/mol. The standard InChI is InChI=1S/C14H24N2O4S/c1-5-20-14-7-6-13(8-12(14)10-17)21(18,19)15-11(2)9-16(3)4/h6-8,11,15,17H,5,9-10H2,1-4H3. The third-order valence-electron chi connectivity index (χ3n) is 2.81. The topological polar surface area (TPSA) is 78.9 Å². The maximum atomic E-state index is 12.3. The van der Waals surface area contributed by atoms with E-state index in [0.29, 0.717) is 24.5 Å². The molecule has 7 heteroatoms. The van der Waals surface area contributed by atoms with Crippen molar-refractivity contribution in [2.75, 3.05) is 27.2 Å². The zero-order valence-corrected chi connectivity index (χ0v) is 13.8. The monoisotopic (exact) mass is 316 g/mol. The Morgan fingerprint density at radius 2 is 2.05 bits per heavy atom. The van der Waals surface area contributed by atoms with Crippen molar-refractivity contribution in [1.29, 1.82) is 0 Å². The van der Waals surface area contributed by atoms with Crippen LogP contribution in [0.1, 0.15) is 19.4 Å². The number of aliphatic hydroxyl groups is 1. The fraction of sp³-hybridized carbons (Fsp3) is 0.571. The molecule has 120 valence electrons. The Bertz CT molecular complexity index is 558. The highest BCUT2D eigenvalue weighted by Gasteiger charge is 2.19. The maximum Gasteiger partial charge on any atom is 0.240 e. The number of ether oxygens (including phenoxy) is 1. The van der Waals surface area contributed by atoms with Crippen molar-refractivity contribution in [3.8, 4) is 5.75 Å². The first-order chi connectivity index (χ1) is 9.80. The molecule has 1 aromatic rings. The van der Waals surface area contributed by atoms with E-state index >= 15 is 0 Å². The molecule has 6 nitrogen and oxygen atoms in total. The molecule has 1 atom stereocenters. The molecule has 0 spiro atoms. The van der Waals surface area contributed by atoms with Gasteiger partial charge in [0.1, 0.15) is 5.75 Å². The molecule has 0 amide bonds. The Labute approximate surface area is 126 Å². The van der Waals surface area contributed by atoms with E-state index in [1.54, 1.807) is 13.0 Å². The maximum absolute atomic E-state index is 12.3. The molecule has 1 rings (SSSR count). The smallest absolute Gasteiger partial charge is 0.240 e. The van der Waals surface area contributed by atoms with E-state index in [0.717, 1.165) is 0 Å². The van der Waals surface area contributed by atoms with Crippen molar-refractivity contribution >= 4 is 10.0 Å². The SMILES string of the molecule is CCOc1ccc(S(=O)(=O)NC(C)CN(C)C)cc1CO. The van der Waals surface area contributed by atoms with Crippen LogP contribution in [0.25, 0.3) is 0 Å². The van der Waals surface area contributed by atoms with Crippen LogP contribution in [-0.4, -0.2) is 51.7 Å². The minimum atomic E-state index is -3.61. The van der Waals surface area contributed by atoms with E-state index in [-0.39, 0.29) is 17.5 Å². The molecule has 0 radical (unpaired) electrons. The number of likely N-dealkylation sites (N-methyl/N-ethyl adjacent to an activating group) is 1. The zero-order valence-electron chi connectivity index (χ0n) is 13.0. The highest BCUT2D eigenvalue weighted by Crippen LogP contribution is 2.23. The minimum Gasteiger partial charge on any atom is -0.494 e. The summed E-state index contributed by atoms with van der Waals surface area (Å²) in [5.74, 6) is 0.500. The second-order valence-corrected chi connectivity index (χ2v) is 6.86. The molecule has 0 bridgehead atoms. The number of sulfonamides is 1. The van der Waals surface area contributed by atoms with Crippen LogP contribution in [0, 0.1) is 0 Å². The number of hydrogen-bond donors (Lipinski definition) is 2. The lowest BCUT2D eigenvalue weighted by atomic mass is 10.2. The number of aliphatic hydroxyl groups excluding tert-OH is 1. The van der Waals surface area contributed by atoms with Crippen molar-refractivity contribution in [3.63, 3.8) is 0 Å². The summed E-state index contributed by atoms with van der Waals surface area (Å²) in [5.41, 5.74) is 0.458. The van der Waals surface area contributed by atoms with Crippen molar-refractivity contribution in [3.05, 3.63) is 23.8 Å². The zero-order chi connectivity index (χ0) is 16.0. The summed E-state index contributed by atoms with van der Waals surface area (Å²) in [5, 5.41) is 9.33. The van der Waals surface area contributed by atoms with Crippen molar-refractivity contribution in [1.82, 2.24) is 9.62 Å². The number of hydrogen-bond acceptors (Lipinski definition) is 5. The molecule has 0 aromatic heterocycles. The van der Waals surface area contributed by atoms with Gasteiger partial charge in [-0.05, 0) is 46.1 Å². The molecule has 0 heterocycles. The Balaban J connectivity index is 2.98. The van der Waals surface area contributed by atoms with Gasteiger partial charge in [-0.25, -0.2) is 13.1 Å². The normalized spacial score (nSPS) is 13.4. The highest BCUT2D eigenvalue weighted by molar-refractivity contribution is 7.89. The van der Waals surface area contributed by atoms with E-state index in [4.69, 9.17) is 4.74 Å². The van der Waals surface area contributed by atoms with Crippen LogP contribution in [0.5, 0.6) is 5.75 Å². The van der Waals surface area contributed by atoms with Crippen LogP contribution in [0.3, 0.4) is 0 Å². The molecule has 0 aliphatic heterocycles. The van der Waals surface area contributed by atoms with Crippen molar-refractivity contribution in [2.45, 2.75) is 31.4 Å². The fourth-order valence-electron chi connectivity index (χ4n) is 2.06. The van der Waals surface area contributed by atoms with Crippen LogP contribution < -0.4 is 9.46 Å². The van der Waals surface area contributed by atoms with Gasteiger partial charge in [0.2, 0.25) is 10.0 Å². The number of nitrogens with one attached hydrogen (secondary N) is 1. The van der Waals surface area contributed by atoms with E-state index in [9.17, 15) is 13.5 Å². The number of rotatable bonds is 8. The summed E-state index contributed by atoms with van der Waals surface area (Å²) in [4.78, 5) is 2.03. The Morgan fingerprint density at radius 3 is 2.57 bits per heavy atom. The van der Waals surface area contributed by atoms with Gasteiger partial charge in [-0.3, -0.25) is 0 Å². The fourth-order valence-corrected chi connectivity index (χ4v) is 3.35. The summed E-state index contributed by atoms with van der Waals surface area (Å²) in [6.07, 6.45) is 0. The van der Waals surface area contributed by atoms with Gasteiger partial charge in [0.25, 0.3) is 0 Å². The molecule has 1 aromatic carbocycles. The van der Waals surface area contributed by atoms with Crippen LogP contribution in [0.2, 0.25) is 0 Å². The summed E-state index contributed by atoms with van der Waals surface area (Å²) >= 11 is 0. The molecule has 0 fully saturated rings. The number of benzene rings is 1. The Kier molecular flexibility index (Phi) is 6.60. The van der Waals surface area contributed by atoms with E-state index < -0.39 is 10.0 Å². The second-order valence-electron chi connectivity index (χ2n) is 5.15. The van der Waals surface area contributed by atoms with Gasteiger partial charge in [0.15, 0.2) is 0 Å². The van der Waals surface area contributed by atoms with Gasteiger partial charge >= 0.3 is 0 Å². The first-order valence-electron chi connectivity index (χ1n) is 6.83. The lowest BCUT2D eigenvalue weighted by Crippen LogP contribution is -2.39. The highest BCUT2D eigenvalue weighted by atomic mass is 32.2. The molecule has 2 N–H and O–H groups in total. The quantitative estimate of drug-likeness (QED) is 0.742. The Hall–Kier alpha value is -1.15. The van der Waals surface area contributed by atoms with Crippen molar-refractivity contribution in [2.24, 2.45) is 0 Å². The molecule has 21 heavy (non-hydrogen) atoms. The van der Waals surface area contributed by atoms with Gasteiger partial charge in [0, 0.05) is 18.2 Å². The molecule has 1 unspecified atom stereocenters. The summed E-state index contributed by atoms with van der Waals surface area (Å²) in [6.45, 7) is 4.42. The van der Waals surface area contributed by atoms with Gasteiger partial charge in [-0.2, -0.15) is 0 Å². The van der Waals surface area contributed by atoms with E-state index in [1.165, 1.54) is 12.1 Å². The predicted molar refractivity (Wildman–Crippen MR) is 81.9 cm³/mol. The molecule has 0 saturated heterocycles.